The standard InChI is InChI=1S/C13H12FNO2/c1-7-11(9-3-5-10(14)6-4-9)12(13(16)17)8(2)15-7/h3-6,15H,1-2H3,(H,16,17). The van der Waals surface area contributed by atoms with Gasteiger partial charge in [0.25, 0.3) is 0 Å². The Hall–Kier alpha value is -2.10. The number of halogens is 1. The Morgan fingerprint density at radius 2 is 1.76 bits per heavy atom. The Balaban J connectivity index is 2.66. The monoisotopic (exact) mass is 233 g/mol. The SMILES string of the molecule is Cc1[nH]c(C)c(-c2ccc(F)cc2)c1C(=O)O. The van der Waals surface area contributed by atoms with E-state index in [0.29, 0.717) is 16.8 Å². The van der Waals surface area contributed by atoms with Gasteiger partial charge in [0, 0.05) is 17.0 Å². The highest BCUT2D eigenvalue weighted by Gasteiger charge is 2.19. The number of nitrogens with one attached hydrogen (secondary N) is 1. The number of carboxylic acids is 1. The zero-order valence-electron chi connectivity index (χ0n) is 9.54. The Kier molecular flexibility index (Phi) is 2.71. The average molecular weight is 233 g/mol. The number of hydrogen-bond donors (Lipinski definition) is 2. The second-order valence-electron chi connectivity index (χ2n) is 3.94. The predicted molar refractivity (Wildman–Crippen MR) is 62.6 cm³/mol. The molecule has 1 heterocycles. The van der Waals surface area contributed by atoms with Gasteiger partial charge in [-0.2, -0.15) is 0 Å². The van der Waals surface area contributed by atoms with Crippen molar-refractivity contribution in [1.29, 1.82) is 0 Å². The van der Waals surface area contributed by atoms with E-state index in [0.717, 1.165) is 5.69 Å². The maximum Gasteiger partial charge on any atom is 0.338 e. The summed E-state index contributed by atoms with van der Waals surface area (Å²) in [6, 6.07) is 5.81. The highest BCUT2D eigenvalue weighted by atomic mass is 19.1. The number of aryl methyl sites for hydroxylation is 2. The van der Waals surface area contributed by atoms with Gasteiger partial charge in [-0.1, -0.05) is 12.1 Å². The molecule has 17 heavy (non-hydrogen) atoms. The molecule has 0 bridgehead atoms. The second kappa shape index (κ2) is 4.05. The molecule has 0 fully saturated rings. The van der Waals surface area contributed by atoms with Gasteiger partial charge in [-0.25, -0.2) is 9.18 Å². The van der Waals surface area contributed by atoms with Crippen molar-refractivity contribution in [3.8, 4) is 11.1 Å². The van der Waals surface area contributed by atoms with E-state index in [1.807, 2.05) is 0 Å². The van der Waals surface area contributed by atoms with Crippen LogP contribution in [-0.2, 0) is 0 Å². The summed E-state index contributed by atoms with van der Waals surface area (Å²) in [5, 5.41) is 9.18. The molecule has 3 nitrogen and oxygen atoms in total. The molecule has 0 spiro atoms. The second-order valence-corrected chi connectivity index (χ2v) is 3.94. The first-order chi connectivity index (χ1) is 8.00. The predicted octanol–water partition coefficient (Wildman–Crippen LogP) is 3.14. The van der Waals surface area contributed by atoms with Crippen molar-refractivity contribution in [2.75, 3.05) is 0 Å². The largest absolute Gasteiger partial charge is 0.478 e. The van der Waals surface area contributed by atoms with Crippen LogP contribution in [0.3, 0.4) is 0 Å². The lowest BCUT2D eigenvalue weighted by Crippen LogP contribution is -1.99. The summed E-state index contributed by atoms with van der Waals surface area (Å²) in [6.07, 6.45) is 0. The molecule has 0 aliphatic carbocycles. The summed E-state index contributed by atoms with van der Waals surface area (Å²) in [7, 11) is 0. The number of aromatic nitrogens is 1. The van der Waals surface area contributed by atoms with E-state index in [1.165, 1.54) is 12.1 Å². The van der Waals surface area contributed by atoms with Gasteiger partial charge in [0.05, 0.1) is 5.56 Å². The first-order valence-electron chi connectivity index (χ1n) is 5.19. The Bertz CT molecular complexity index is 570. The van der Waals surface area contributed by atoms with Gasteiger partial charge in [-0.3, -0.25) is 0 Å². The highest BCUT2D eigenvalue weighted by Crippen LogP contribution is 2.29. The van der Waals surface area contributed by atoms with E-state index in [-0.39, 0.29) is 11.4 Å². The molecule has 4 heteroatoms. The number of benzene rings is 1. The summed E-state index contributed by atoms with van der Waals surface area (Å²) >= 11 is 0. The van der Waals surface area contributed by atoms with E-state index >= 15 is 0 Å². The zero-order valence-corrected chi connectivity index (χ0v) is 9.54. The van der Waals surface area contributed by atoms with Crippen LogP contribution >= 0.6 is 0 Å². The first kappa shape index (κ1) is 11.4. The van der Waals surface area contributed by atoms with Gasteiger partial charge in [-0.15, -0.1) is 0 Å². The molecular weight excluding hydrogens is 221 g/mol. The van der Waals surface area contributed by atoms with Crippen LogP contribution < -0.4 is 0 Å². The van der Waals surface area contributed by atoms with Gasteiger partial charge in [0.1, 0.15) is 5.82 Å². The van der Waals surface area contributed by atoms with Crippen LogP contribution in [0.4, 0.5) is 4.39 Å². The first-order valence-corrected chi connectivity index (χ1v) is 5.19. The smallest absolute Gasteiger partial charge is 0.338 e. The molecule has 88 valence electrons. The summed E-state index contributed by atoms with van der Waals surface area (Å²) in [4.78, 5) is 14.2. The molecule has 2 N–H and O–H groups in total. The Morgan fingerprint density at radius 1 is 1.18 bits per heavy atom. The molecule has 0 saturated carbocycles. The molecule has 0 unspecified atom stereocenters. The lowest BCUT2D eigenvalue weighted by Gasteiger charge is -2.03. The number of carboxylic acid groups (broad SMARTS) is 1. The van der Waals surface area contributed by atoms with E-state index in [1.54, 1.807) is 26.0 Å². The molecule has 0 atom stereocenters. The average Bonchev–Trinajstić information content (AvgIpc) is 2.55. The summed E-state index contributed by atoms with van der Waals surface area (Å²) in [6.45, 7) is 3.52. The number of aromatic carboxylic acids is 1. The fourth-order valence-electron chi connectivity index (χ4n) is 2.03. The van der Waals surface area contributed by atoms with Gasteiger partial charge >= 0.3 is 5.97 Å². The fourth-order valence-corrected chi connectivity index (χ4v) is 2.03. The van der Waals surface area contributed by atoms with Crippen LogP contribution in [0.1, 0.15) is 21.7 Å². The quantitative estimate of drug-likeness (QED) is 0.837. The van der Waals surface area contributed by atoms with Crippen LogP contribution in [0.25, 0.3) is 11.1 Å². The van der Waals surface area contributed by atoms with Gasteiger partial charge in [-0.05, 0) is 31.5 Å². The van der Waals surface area contributed by atoms with Crippen molar-refractivity contribution in [3.05, 3.63) is 47.0 Å². The minimum absolute atomic E-state index is 0.245. The Labute approximate surface area is 97.9 Å². The van der Waals surface area contributed by atoms with Crippen molar-refractivity contribution >= 4 is 5.97 Å². The van der Waals surface area contributed by atoms with Gasteiger partial charge in [0.2, 0.25) is 0 Å². The molecular formula is C13H12FNO2. The van der Waals surface area contributed by atoms with Crippen LogP contribution in [0.15, 0.2) is 24.3 Å². The normalized spacial score (nSPS) is 10.5. The Morgan fingerprint density at radius 3 is 2.29 bits per heavy atom. The zero-order chi connectivity index (χ0) is 12.6. The number of carbonyl (C=O) groups is 1. The summed E-state index contributed by atoms with van der Waals surface area (Å²) in [5.74, 6) is -1.32. The van der Waals surface area contributed by atoms with Crippen molar-refractivity contribution < 1.29 is 14.3 Å². The lowest BCUT2D eigenvalue weighted by molar-refractivity contribution is 0.0697. The van der Waals surface area contributed by atoms with Crippen molar-refractivity contribution in [3.63, 3.8) is 0 Å². The molecule has 0 amide bonds. The molecule has 0 aliphatic heterocycles. The molecule has 2 rings (SSSR count). The van der Waals surface area contributed by atoms with Gasteiger partial charge < -0.3 is 10.1 Å². The third kappa shape index (κ3) is 1.93. The molecule has 0 radical (unpaired) electrons. The minimum atomic E-state index is -0.980. The van der Waals surface area contributed by atoms with Crippen molar-refractivity contribution in [2.24, 2.45) is 0 Å². The van der Waals surface area contributed by atoms with E-state index in [2.05, 4.69) is 4.98 Å². The number of aromatic amines is 1. The van der Waals surface area contributed by atoms with Crippen molar-refractivity contribution in [2.45, 2.75) is 13.8 Å². The number of H-pyrrole nitrogens is 1. The van der Waals surface area contributed by atoms with E-state index in [9.17, 15) is 14.3 Å². The van der Waals surface area contributed by atoms with E-state index in [4.69, 9.17) is 0 Å². The molecule has 0 aliphatic rings. The van der Waals surface area contributed by atoms with Crippen molar-refractivity contribution in [1.82, 2.24) is 4.98 Å². The maximum absolute atomic E-state index is 12.8. The lowest BCUT2D eigenvalue weighted by atomic mass is 10.0. The summed E-state index contributed by atoms with van der Waals surface area (Å²) in [5.41, 5.74) is 2.94. The van der Waals surface area contributed by atoms with Crippen LogP contribution in [0.2, 0.25) is 0 Å². The third-order valence-electron chi connectivity index (χ3n) is 2.72. The molecule has 1 aromatic carbocycles. The van der Waals surface area contributed by atoms with Crippen LogP contribution in [-0.4, -0.2) is 16.1 Å². The fraction of sp³-hybridized carbons (Fsp3) is 0.154. The highest BCUT2D eigenvalue weighted by molar-refractivity contribution is 5.98. The molecule has 2 aromatic rings. The van der Waals surface area contributed by atoms with Gasteiger partial charge in [0.15, 0.2) is 0 Å². The van der Waals surface area contributed by atoms with Crippen LogP contribution in [0.5, 0.6) is 0 Å². The molecule has 0 saturated heterocycles. The molecule has 1 aromatic heterocycles. The number of hydrogen-bond acceptors (Lipinski definition) is 1. The minimum Gasteiger partial charge on any atom is -0.478 e. The summed E-state index contributed by atoms with van der Waals surface area (Å²) < 4.78 is 12.8. The van der Waals surface area contributed by atoms with Crippen LogP contribution in [0, 0.1) is 19.7 Å². The third-order valence-corrected chi connectivity index (χ3v) is 2.72. The maximum atomic E-state index is 12.8. The number of rotatable bonds is 2. The van der Waals surface area contributed by atoms with E-state index < -0.39 is 5.97 Å². The topological polar surface area (TPSA) is 53.1 Å².